The minimum Gasteiger partial charge on any atom is -0.337 e. The predicted molar refractivity (Wildman–Crippen MR) is 61.8 cm³/mol. The van der Waals surface area contributed by atoms with Gasteiger partial charge in [-0.2, -0.15) is 4.98 Å². The van der Waals surface area contributed by atoms with Crippen LogP contribution in [-0.2, 0) is 0 Å². The lowest BCUT2D eigenvalue weighted by atomic mass is 10.2. The van der Waals surface area contributed by atoms with Crippen LogP contribution in [0.15, 0.2) is 28.8 Å². The summed E-state index contributed by atoms with van der Waals surface area (Å²) in [5.74, 6) is 0.601. The molecule has 1 unspecified atom stereocenters. The van der Waals surface area contributed by atoms with Crippen LogP contribution in [0, 0.1) is 5.82 Å². The lowest BCUT2D eigenvalue weighted by Crippen LogP contribution is -2.17. The molecule has 1 heterocycles. The highest BCUT2D eigenvalue weighted by Crippen LogP contribution is 2.19. The molecule has 0 aliphatic heterocycles. The molecular formula is C12H14FN3O. The van der Waals surface area contributed by atoms with Gasteiger partial charge in [-0.3, -0.25) is 0 Å². The van der Waals surface area contributed by atoms with E-state index in [-0.39, 0.29) is 11.9 Å². The Balaban J connectivity index is 2.23. The molecule has 1 N–H and O–H groups in total. The van der Waals surface area contributed by atoms with E-state index < -0.39 is 0 Å². The van der Waals surface area contributed by atoms with Crippen molar-refractivity contribution in [2.45, 2.75) is 19.9 Å². The zero-order chi connectivity index (χ0) is 12.3. The number of halogens is 1. The molecule has 0 saturated carbocycles. The first-order valence-corrected chi connectivity index (χ1v) is 5.53. The van der Waals surface area contributed by atoms with Gasteiger partial charge in [0.1, 0.15) is 5.82 Å². The van der Waals surface area contributed by atoms with Crippen LogP contribution in [0.25, 0.3) is 11.4 Å². The van der Waals surface area contributed by atoms with Gasteiger partial charge in [0.2, 0.25) is 11.7 Å². The van der Waals surface area contributed by atoms with Gasteiger partial charge >= 0.3 is 0 Å². The van der Waals surface area contributed by atoms with Crippen molar-refractivity contribution < 1.29 is 8.91 Å². The van der Waals surface area contributed by atoms with Crippen molar-refractivity contribution in [2.24, 2.45) is 0 Å². The zero-order valence-electron chi connectivity index (χ0n) is 9.77. The van der Waals surface area contributed by atoms with Crippen LogP contribution in [0.5, 0.6) is 0 Å². The highest BCUT2D eigenvalue weighted by atomic mass is 19.1. The van der Waals surface area contributed by atoms with Gasteiger partial charge in [-0.25, -0.2) is 4.39 Å². The molecule has 17 heavy (non-hydrogen) atoms. The molecule has 0 spiro atoms. The predicted octanol–water partition coefficient (Wildman–Crippen LogP) is 2.55. The number of benzene rings is 1. The number of hydrogen-bond acceptors (Lipinski definition) is 4. The van der Waals surface area contributed by atoms with Crippen molar-refractivity contribution in [1.29, 1.82) is 0 Å². The molecule has 0 aliphatic rings. The normalized spacial score (nSPS) is 12.6. The fraction of sp³-hybridized carbons (Fsp3) is 0.333. The molecule has 2 aromatic rings. The Kier molecular flexibility index (Phi) is 3.49. The van der Waals surface area contributed by atoms with Crippen molar-refractivity contribution >= 4 is 0 Å². The lowest BCUT2D eigenvalue weighted by molar-refractivity contribution is 0.342. The van der Waals surface area contributed by atoms with E-state index in [0.717, 1.165) is 6.54 Å². The molecule has 4 nitrogen and oxygen atoms in total. The Morgan fingerprint density at radius 2 is 2.29 bits per heavy atom. The highest BCUT2D eigenvalue weighted by Gasteiger charge is 2.14. The van der Waals surface area contributed by atoms with Gasteiger partial charge < -0.3 is 9.84 Å². The quantitative estimate of drug-likeness (QED) is 0.884. The number of rotatable bonds is 4. The summed E-state index contributed by atoms with van der Waals surface area (Å²) in [6, 6.07) is 6.12. The van der Waals surface area contributed by atoms with Crippen molar-refractivity contribution in [3.8, 4) is 11.4 Å². The monoisotopic (exact) mass is 235 g/mol. The van der Waals surface area contributed by atoms with Crippen molar-refractivity contribution in [1.82, 2.24) is 15.5 Å². The zero-order valence-corrected chi connectivity index (χ0v) is 9.77. The molecule has 1 atom stereocenters. The topological polar surface area (TPSA) is 51.0 Å². The van der Waals surface area contributed by atoms with E-state index in [9.17, 15) is 4.39 Å². The van der Waals surface area contributed by atoms with E-state index in [1.807, 2.05) is 13.8 Å². The van der Waals surface area contributed by atoms with Crippen LogP contribution >= 0.6 is 0 Å². The SMILES string of the molecule is CCNC(C)c1nc(-c2cccc(F)c2)no1. The molecule has 90 valence electrons. The molecule has 1 aromatic carbocycles. The van der Waals surface area contributed by atoms with E-state index in [4.69, 9.17) is 4.52 Å². The Bertz CT molecular complexity index is 498. The minimum absolute atomic E-state index is 0.00481. The van der Waals surface area contributed by atoms with Gasteiger partial charge in [0.05, 0.1) is 6.04 Å². The first kappa shape index (κ1) is 11.7. The van der Waals surface area contributed by atoms with E-state index in [2.05, 4.69) is 15.5 Å². The summed E-state index contributed by atoms with van der Waals surface area (Å²) in [6.07, 6.45) is 0. The molecule has 0 amide bonds. The van der Waals surface area contributed by atoms with Gasteiger partial charge in [-0.1, -0.05) is 24.2 Å². The fourth-order valence-electron chi connectivity index (χ4n) is 1.55. The Labute approximate surface area is 98.8 Å². The fourth-order valence-corrected chi connectivity index (χ4v) is 1.55. The lowest BCUT2D eigenvalue weighted by Gasteiger charge is -2.04. The third kappa shape index (κ3) is 2.68. The molecular weight excluding hydrogens is 221 g/mol. The first-order chi connectivity index (χ1) is 8.20. The van der Waals surface area contributed by atoms with Crippen LogP contribution < -0.4 is 5.32 Å². The summed E-state index contributed by atoms with van der Waals surface area (Å²) >= 11 is 0. The number of aromatic nitrogens is 2. The third-order valence-corrected chi connectivity index (χ3v) is 2.41. The van der Waals surface area contributed by atoms with Crippen molar-refractivity contribution in [3.05, 3.63) is 36.0 Å². The largest absolute Gasteiger partial charge is 0.337 e. The van der Waals surface area contributed by atoms with Crippen LogP contribution in [0.4, 0.5) is 4.39 Å². The molecule has 1 aromatic heterocycles. The smallest absolute Gasteiger partial charge is 0.243 e. The van der Waals surface area contributed by atoms with Gasteiger partial charge in [-0.15, -0.1) is 0 Å². The van der Waals surface area contributed by atoms with Crippen LogP contribution in [0.1, 0.15) is 25.8 Å². The summed E-state index contributed by atoms with van der Waals surface area (Å²) in [5.41, 5.74) is 0.615. The summed E-state index contributed by atoms with van der Waals surface area (Å²) < 4.78 is 18.2. The molecule has 0 bridgehead atoms. The van der Waals surface area contributed by atoms with E-state index >= 15 is 0 Å². The second kappa shape index (κ2) is 5.05. The molecule has 0 aliphatic carbocycles. The highest BCUT2D eigenvalue weighted by molar-refractivity contribution is 5.53. The Hall–Kier alpha value is -1.75. The first-order valence-electron chi connectivity index (χ1n) is 5.53. The van der Waals surface area contributed by atoms with Gasteiger partial charge in [0.25, 0.3) is 0 Å². The van der Waals surface area contributed by atoms with Gasteiger partial charge in [0.15, 0.2) is 0 Å². The van der Waals surface area contributed by atoms with Gasteiger partial charge in [0, 0.05) is 5.56 Å². The summed E-state index contributed by atoms with van der Waals surface area (Å²) in [5, 5.41) is 7.01. The summed E-state index contributed by atoms with van der Waals surface area (Å²) in [7, 11) is 0. The Morgan fingerprint density at radius 1 is 1.47 bits per heavy atom. The van der Waals surface area contributed by atoms with Crippen molar-refractivity contribution in [3.63, 3.8) is 0 Å². The number of nitrogens with zero attached hydrogens (tertiary/aromatic N) is 2. The second-order valence-corrected chi connectivity index (χ2v) is 3.75. The summed E-state index contributed by atoms with van der Waals surface area (Å²) in [4.78, 5) is 4.23. The minimum atomic E-state index is -0.311. The molecule has 5 heteroatoms. The standard InChI is InChI=1S/C12H14FN3O/c1-3-14-8(2)12-15-11(16-17-12)9-5-4-6-10(13)7-9/h4-8,14H,3H2,1-2H3. The average Bonchev–Trinajstić information content (AvgIpc) is 2.78. The molecule has 0 saturated heterocycles. The molecule has 0 fully saturated rings. The maximum absolute atomic E-state index is 13.0. The number of hydrogen-bond donors (Lipinski definition) is 1. The molecule has 2 rings (SSSR count). The second-order valence-electron chi connectivity index (χ2n) is 3.75. The average molecular weight is 235 g/mol. The van der Waals surface area contributed by atoms with Crippen molar-refractivity contribution in [2.75, 3.05) is 6.54 Å². The van der Waals surface area contributed by atoms with E-state index in [1.54, 1.807) is 12.1 Å². The van der Waals surface area contributed by atoms with E-state index in [1.165, 1.54) is 12.1 Å². The maximum Gasteiger partial charge on any atom is 0.243 e. The number of nitrogens with one attached hydrogen (secondary N) is 1. The van der Waals surface area contributed by atoms with Crippen LogP contribution in [0.2, 0.25) is 0 Å². The maximum atomic E-state index is 13.0. The van der Waals surface area contributed by atoms with Crippen LogP contribution in [-0.4, -0.2) is 16.7 Å². The van der Waals surface area contributed by atoms with Gasteiger partial charge in [-0.05, 0) is 25.6 Å². The summed E-state index contributed by atoms with van der Waals surface area (Å²) in [6.45, 7) is 4.76. The molecule has 0 radical (unpaired) electrons. The van der Waals surface area contributed by atoms with E-state index in [0.29, 0.717) is 17.3 Å². The Morgan fingerprint density at radius 3 is 3.00 bits per heavy atom. The third-order valence-electron chi connectivity index (χ3n) is 2.41. The van der Waals surface area contributed by atoms with Crippen LogP contribution in [0.3, 0.4) is 0 Å².